The zero-order valence-electron chi connectivity index (χ0n) is 13.3. The minimum absolute atomic E-state index is 0.00214. The lowest BCUT2D eigenvalue weighted by Crippen LogP contribution is -2.48. The van der Waals surface area contributed by atoms with Crippen molar-refractivity contribution in [2.24, 2.45) is 5.92 Å². The molecule has 1 amide bonds. The topological polar surface area (TPSA) is 50.4 Å². The molecule has 1 saturated heterocycles. The van der Waals surface area contributed by atoms with Crippen LogP contribution >= 0.6 is 11.6 Å². The van der Waals surface area contributed by atoms with Gasteiger partial charge in [0.1, 0.15) is 6.10 Å². The Morgan fingerprint density at radius 2 is 2.09 bits per heavy atom. The predicted octanol–water partition coefficient (Wildman–Crippen LogP) is 2.92. The standard InChI is InChI=1S/C17H25ClN2O2/c1-12(2)3-8-15(13-4-6-14(18)7-5-13)20-17(21)16-11-19-9-10-22-16/h4-7,12,15-16,19H,3,8-11H2,1-2H3,(H,20,21). The van der Waals surface area contributed by atoms with Crippen molar-refractivity contribution >= 4 is 17.5 Å². The summed E-state index contributed by atoms with van der Waals surface area (Å²) in [5.41, 5.74) is 1.09. The third kappa shape index (κ3) is 5.27. The van der Waals surface area contributed by atoms with Crippen LogP contribution < -0.4 is 10.6 Å². The summed E-state index contributed by atoms with van der Waals surface area (Å²) in [6.45, 7) is 6.33. The van der Waals surface area contributed by atoms with E-state index in [1.165, 1.54) is 0 Å². The molecule has 122 valence electrons. The molecule has 0 aromatic heterocycles. The van der Waals surface area contributed by atoms with Crippen molar-refractivity contribution in [1.29, 1.82) is 0 Å². The number of benzene rings is 1. The minimum Gasteiger partial charge on any atom is -0.366 e. The number of amides is 1. The smallest absolute Gasteiger partial charge is 0.250 e. The highest BCUT2D eigenvalue weighted by Crippen LogP contribution is 2.23. The van der Waals surface area contributed by atoms with Crippen molar-refractivity contribution in [2.45, 2.75) is 38.8 Å². The maximum absolute atomic E-state index is 12.4. The molecule has 1 aromatic carbocycles. The third-order valence-electron chi connectivity index (χ3n) is 3.84. The second kappa shape index (κ2) is 8.51. The third-order valence-corrected chi connectivity index (χ3v) is 4.09. The Labute approximate surface area is 137 Å². The molecule has 0 saturated carbocycles. The van der Waals surface area contributed by atoms with Crippen molar-refractivity contribution in [3.8, 4) is 0 Å². The lowest BCUT2D eigenvalue weighted by Gasteiger charge is -2.26. The largest absolute Gasteiger partial charge is 0.366 e. The Kier molecular flexibility index (Phi) is 6.68. The monoisotopic (exact) mass is 324 g/mol. The first-order chi connectivity index (χ1) is 10.6. The Morgan fingerprint density at radius 1 is 1.36 bits per heavy atom. The zero-order chi connectivity index (χ0) is 15.9. The molecule has 1 fully saturated rings. The molecular formula is C17H25ClN2O2. The highest BCUT2D eigenvalue weighted by molar-refractivity contribution is 6.30. The maximum atomic E-state index is 12.4. The predicted molar refractivity (Wildman–Crippen MR) is 89.0 cm³/mol. The normalized spacial score (nSPS) is 19.9. The molecule has 1 aliphatic heterocycles. The van der Waals surface area contributed by atoms with E-state index in [-0.39, 0.29) is 11.9 Å². The second-order valence-corrected chi connectivity index (χ2v) is 6.58. The number of hydrogen-bond donors (Lipinski definition) is 2. The van der Waals surface area contributed by atoms with Gasteiger partial charge in [0.15, 0.2) is 0 Å². The maximum Gasteiger partial charge on any atom is 0.250 e. The van der Waals surface area contributed by atoms with Gasteiger partial charge >= 0.3 is 0 Å². The van der Waals surface area contributed by atoms with E-state index in [1.54, 1.807) is 0 Å². The summed E-state index contributed by atoms with van der Waals surface area (Å²) in [5.74, 6) is 0.551. The van der Waals surface area contributed by atoms with Crippen LogP contribution in [0.25, 0.3) is 0 Å². The molecule has 0 bridgehead atoms. The van der Waals surface area contributed by atoms with E-state index in [4.69, 9.17) is 16.3 Å². The van der Waals surface area contributed by atoms with Crippen LogP contribution in [0.5, 0.6) is 0 Å². The molecule has 1 aromatic rings. The van der Waals surface area contributed by atoms with Crippen LogP contribution in [0.1, 0.15) is 38.3 Å². The summed E-state index contributed by atoms with van der Waals surface area (Å²) in [7, 11) is 0. The van der Waals surface area contributed by atoms with Crippen molar-refractivity contribution in [2.75, 3.05) is 19.7 Å². The first kappa shape index (κ1) is 17.3. The molecule has 0 spiro atoms. The molecule has 22 heavy (non-hydrogen) atoms. The van der Waals surface area contributed by atoms with Gasteiger partial charge in [0, 0.05) is 18.1 Å². The lowest BCUT2D eigenvalue weighted by molar-refractivity contribution is -0.135. The van der Waals surface area contributed by atoms with Gasteiger partial charge in [0.25, 0.3) is 5.91 Å². The average molecular weight is 325 g/mol. The highest BCUT2D eigenvalue weighted by Gasteiger charge is 2.24. The van der Waals surface area contributed by atoms with E-state index in [9.17, 15) is 4.79 Å². The van der Waals surface area contributed by atoms with Crippen molar-refractivity contribution in [1.82, 2.24) is 10.6 Å². The number of hydrogen-bond acceptors (Lipinski definition) is 3. The van der Waals surface area contributed by atoms with Gasteiger partial charge < -0.3 is 15.4 Å². The van der Waals surface area contributed by atoms with Gasteiger partial charge in [-0.3, -0.25) is 4.79 Å². The van der Waals surface area contributed by atoms with Crippen LogP contribution in [0, 0.1) is 5.92 Å². The van der Waals surface area contributed by atoms with Crippen LogP contribution in [0.3, 0.4) is 0 Å². The minimum atomic E-state index is -0.400. The first-order valence-electron chi connectivity index (χ1n) is 7.94. The molecule has 4 nitrogen and oxygen atoms in total. The summed E-state index contributed by atoms with van der Waals surface area (Å²) in [6.07, 6.45) is 1.56. The van der Waals surface area contributed by atoms with Crippen LogP contribution in [0.4, 0.5) is 0 Å². The van der Waals surface area contributed by atoms with Crippen molar-refractivity contribution in [3.63, 3.8) is 0 Å². The fourth-order valence-corrected chi connectivity index (χ4v) is 2.64. The molecule has 1 aliphatic rings. The number of carbonyl (C=O) groups is 1. The molecule has 2 atom stereocenters. The SMILES string of the molecule is CC(C)CCC(NC(=O)C1CNCCO1)c1ccc(Cl)cc1. The van der Waals surface area contributed by atoms with E-state index in [1.807, 2.05) is 24.3 Å². The van der Waals surface area contributed by atoms with E-state index in [0.717, 1.165) is 24.9 Å². The van der Waals surface area contributed by atoms with E-state index in [0.29, 0.717) is 24.1 Å². The average Bonchev–Trinajstić information content (AvgIpc) is 2.53. The van der Waals surface area contributed by atoms with E-state index >= 15 is 0 Å². The summed E-state index contributed by atoms with van der Waals surface area (Å²) in [6, 6.07) is 7.69. The number of morpholine rings is 1. The molecule has 2 rings (SSSR count). The quantitative estimate of drug-likeness (QED) is 0.846. The van der Waals surface area contributed by atoms with Gasteiger partial charge in [-0.25, -0.2) is 0 Å². The van der Waals surface area contributed by atoms with Crippen LogP contribution in [0.15, 0.2) is 24.3 Å². The number of halogens is 1. The van der Waals surface area contributed by atoms with Gasteiger partial charge in [-0.1, -0.05) is 37.6 Å². The van der Waals surface area contributed by atoms with E-state index in [2.05, 4.69) is 24.5 Å². The molecule has 0 aliphatic carbocycles. The summed E-state index contributed by atoms with van der Waals surface area (Å²) < 4.78 is 5.53. The Morgan fingerprint density at radius 3 is 2.68 bits per heavy atom. The van der Waals surface area contributed by atoms with Gasteiger partial charge in [0.2, 0.25) is 0 Å². The Bertz CT molecular complexity index is 470. The van der Waals surface area contributed by atoms with Gasteiger partial charge in [-0.2, -0.15) is 0 Å². The molecule has 1 heterocycles. The van der Waals surface area contributed by atoms with Crippen LogP contribution in [-0.4, -0.2) is 31.7 Å². The summed E-state index contributed by atoms with van der Waals surface area (Å²) in [5, 5.41) is 7.02. The molecule has 2 N–H and O–H groups in total. The first-order valence-corrected chi connectivity index (χ1v) is 8.32. The summed E-state index contributed by atoms with van der Waals surface area (Å²) >= 11 is 5.96. The zero-order valence-corrected chi connectivity index (χ0v) is 14.0. The lowest BCUT2D eigenvalue weighted by atomic mass is 9.97. The molecular weight excluding hydrogens is 300 g/mol. The Hall–Kier alpha value is -1.10. The van der Waals surface area contributed by atoms with Gasteiger partial charge in [-0.05, 0) is 36.5 Å². The number of rotatable bonds is 6. The van der Waals surface area contributed by atoms with Crippen molar-refractivity contribution in [3.05, 3.63) is 34.9 Å². The number of ether oxygens (including phenoxy) is 1. The van der Waals surface area contributed by atoms with Crippen LogP contribution in [0.2, 0.25) is 5.02 Å². The highest BCUT2D eigenvalue weighted by atomic mass is 35.5. The number of carbonyl (C=O) groups excluding carboxylic acids is 1. The fraction of sp³-hybridized carbons (Fsp3) is 0.588. The Balaban J connectivity index is 2.02. The number of nitrogens with one attached hydrogen (secondary N) is 2. The van der Waals surface area contributed by atoms with Gasteiger partial charge in [0.05, 0.1) is 12.6 Å². The second-order valence-electron chi connectivity index (χ2n) is 6.15. The molecule has 2 unspecified atom stereocenters. The van der Waals surface area contributed by atoms with Gasteiger partial charge in [-0.15, -0.1) is 0 Å². The van der Waals surface area contributed by atoms with Crippen LogP contribution in [-0.2, 0) is 9.53 Å². The fourth-order valence-electron chi connectivity index (χ4n) is 2.52. The molecule has 0 radical (unpaired) electrons. The van der Waals surface area contributed by atoms with E-state index < -0.39 is 6.10 Å². The van der Waals surface area contributed by atoms with Crippen molar-refractivity contribution < 1.29 is 9.53 Å². The summed E-state index contributed by atoms with van der Waals surface area (Å²) in [4.78, 5) is 12.4. The molecule has 5 heteroatoms.